The highest BCUT2D eigenvalue weighted by atomic mass is 16.5. The Labute approximate surface area is 330 Å². The molecular weight excluding hydrogens is 677 g/mol. The van der Waals surface area contributed by atoms with E-state index in [2.05, 4.69) is 143 Å². The maximum Gasteiger partial charge on any atom is 0.219 e. The number of hydrogen-bond donors (Lipinski definition) is 2. The molecule has 0 aliphatic rings. The van der Waals surface area contributed by atoms with Crippen LogP contribution in [0.25, 0.3) is 0 Å². The molecule has 5 aromatic rings. The molecule has 0 radical (unpaired) electrons. The predicted octanol–water partition coefficient (Wildman–Crippen LogP) is 11.4. The fourth-order valence-electron chi connectivity index (χ4n) is 6.65. The molecule has 290 valence electrons. The number of amides is 1. The van der Waals surface area contributed by atoms with Gasteiger partial charge in [-0.1, -0.05) is 145 Å². The van der Waals surface area contributed by atoms with Crippen LogP contribution in [0.2, 0.25) is 0 Å². The van der Waals surface area contributed by atoms with E-state index in [-0.39, 0.29) is 22.7 Å². The van der Waals surface area contributed by atoms with Crippen molar-refractivity contribution in [3.05, 3.63) is 166 Å². The van der Waals surface area contributed by atoms with Gasteiger partial charge < -0.3 is 20.1 Å². The van der Waals surface area contributed by atoms with Crippen molar-refractivity contribution in [2.45, 2.75) is 110 Å². The maximum atomic E-state index is 12.8. The first-order valence-corrected chi connectivity index (χ1v) is 20.1. The first-order valence-electron chi connectivity index (χ1n) is 20.1. The number of unbranched alkanes of at least 4 members (excludes halogenated alkanes) is 1. The van der Waals surface area contributed by atoms with E-state index < -0.39 is 0 Å². The first-order chi connectivity index (χ1) is 26.4. The lowest BCUT2D eigenvalue weighted by Crippen LogP contribution is -2.25. The van der Waals surface area contributed by atoms with Gasteiger partial charge in [-0.05, 0) is 106 Å². The Morgan fingerprint density at radius 2 is 1.05 bits per heavy atom. The van der Waals surface area contributed by atoms with Crippen LogP contribution in [0.15, 0.2) is 127 Å². The number of rotatable bonds is 19. The lowest BCUT2D eigenvalue weighted by atomic mass is 9.79. The molecule has 0 unspecified atom stereocenters. The lowest BCUT2D eigenvalue weighted by molar-refractivity contribution is -0.121. The third kappa shape index (κ3) is 13.7. The van der Waals surface area contributed by atoms with Crippen LogP contribution in [0.4, 0.5) is 0 Å². The van der Waals surface area contributed by atoms with Crippen LogP contribution in [0.3, 0.4) is 0 Å². The highest BCUT2D eigenvalue weighted by Gasteiger charge is 2.20. The van der Waals surface area contributed by atoms with E-state index in [1.165, 1.54) is 27.8 Å². The molecule has 0 atom stereocenters. The van der Waals surface area contributed by atoms with Gasteiger partial charge in [-0.2, -0.15) is 0 Å². The van der Waals surface area contributed by atoms with Crippen molar-refractivity contribution in [1.82, 2.24) is 10.6 Å². The Morgan fingerprint density at radius 3 is 1.53 bits per heavy atom. The summed E-state index contributed by atoms with van der Waals surface area (Å²) < 4.78 is 12.1. The second-order valence-corrected chi connectivity index (χ2v) is 16.8. The number of benzene rings is 5. The Bertz CT molecular complexity index is 1750. The summed E-state index contributed by atoms with van der Waals surface area (Å²) in [6.45, 7) is 17.1. The molecule has 0 aliphatic carbocycles. The van der Waals surface area contributed by atoms with E-state index in [0.29, 0.717) is 26.2 Å². The van der Waals surface area contributed by atoms with Crippen molar-refractivity contribution in [1.29, 1.82) is 0 Å². The second-order valence-electron chi connectivity index (χ2n) is 16.8. The summed E-state index contributed by atoms with van der Waals surface area (Å²) in [7, 11) is 0. The molecule has 5 aromatic carbocycles. The highest BCUT2D eigenvalue weighted by Crippen LogP contribution is 2.33. The zero-order chi connectivity index (χ0) is 39.1. The van der Waals surface area contributed by atoms with E-state index in [9.17, 15) is 4.79 Å². The molecule has 2 N–H and O–H groups in total. The fourth-order valence-corrected chi connectivity index (χ4v) is 6.65. The Morgan fingerprint density at radius 1 is 0.564 bits per heavy atom. The van der Waals surface area contributed by atoms with Gasteiger partial charge in [-0.3, -0.25) is 4.79 Å². The van der Waals surface area contributed by atoms with Crippen molar-refractivity contribution < 1.29 is 14.3 Å². The summed E-state index contributed by atoms with van der Waals surface area (Å²) >= 11 is 0. The summed E-state index contributed by atoms with van der Waals surface area (Å²) in [4.78, 5) is 12.8. The predicted molar refractivity (Wildman–Crippen MR) is 228 cm³/mol. The van der Waals surface area contributed by atoms with Crippen molar-refractivity contribution in [3.8, 4) is 11.5 Å². The number of hydrogen-bond acceptors (Lipinski definition) is 4. The summed E-state index contributed by atoms with van der Waals surface area (Å²) in [5.41, 5.74) is 9.04. The molecule has 0 heterocycles. The molecule has 0 fully saturated rings. The monoisotopic (exact) mass is 738 g/mol. The van der Waals surface area contributed by atoms with Gasteiger partial charge in [0, 0.05) is 25.4 Å². The van der Waals surface area contributed by atoms with Crippen LogP contribution in [0, 0.1) is 0 Å². The molecule has 5 nitrogen and oxygen atoms in total. The van der Waals surface area contributed by atoms with E-state index in [0.717, 1.165) is 61.4 Å². The molecule has 5 heteroatoms. The third-order valence-electron chi connectivity index (χ3n) is 10.1. The summed E-state index contributed by atoms with van der Waals surface area (Å²) in [6, 6.07) is 44.4. The lowest BCUT2D eigenvalue weighted by Gasteiger charge is -2.26. The second kappa shape index (κ2) is 20.2. The number of ether oxygens (including phenoxy) is 2. The van der Waals surface area contributed by atoms with Crippen LogP contribution in [0.1, 0.15) is 119 Å². The van der Waals surface area contributed by atoms with Crippen LogP contribution < -0.4 is 20.1 Å². The minimum atomic E-state index is 0.109. The molecule has 0 aliphatic heterocycles. The largest absolute Gasteiger partial charge is 0.489 e. The third-order valence-corrected chi connectivity index (χ3v) is 10.1. The SMILES string of the molecule is CC(C)(C)c1cc(CNCCCCC(=O)NCCCC(c2ccc(OCc3ccccc3)cc2)c2ccc(OCc3ccccc3)cc2)cc(C(C)(C)C)c1. The highest BCUT2D eigenvalue weighted by molar-refractivity contribution is 5.75. The van der Waals surface area contributed by atoms with E-state index >= 15 is 0 Å². The molecule has 0 aromatic heterocycles. The zero-order valence-corrected chi connectivity index (χ0v) is 34.0. The van der Waals surface area contributed by atoms with Gasteiger partial charge in [0.1, 0.15) is 24.7 Å². The van der Waals surface area contributed by atoms with Gasteiger partial charge in [0.05, 0.1) is 0 Å². The molecular formula is C50H62N2O3. The summed E-state index contributed by atoms with van der Waals surface area (Å²) in [6.07, 6.45) is 4.17. The van der Waals surface area contributed by atoms with Crippen LogP contribution in [-0.4, -0.2) is 19.0 Å². The Kier molecular flexibility index (Phi) is 15.1. The average molecular weight is 739 g/mol. The number of carbonyl (C=O) groups excluding carboxylic acids is 1. The van der Waals surface area contributed by atoms with Crippen LogP contribution >= 0.6 is 0 Å². The molecule has 1 amide bonds. The Balaban J connectivity index is 1.09. The van der Waals surface area contributed by atoms with E-state index in [1.807, 2.05) is 36.4 Å². The van der Waals surface area contributed by atoms with Gasteiger partial charge in [-0.25, -0.2) is 0 Å². The Hall–Kier alpha value is -4.87. The van der Waals surface area contributed by atoms with Crippen molar-refractivity contribution >= 4 is 5.91 Å². The van der Waals surface area contributed by atoms with Crippen LogP contribution in [0.5, 0.6) is 11.5 Å². The van der Waals surface area contributed by atoms with Gasteiger partial charge in [0.15, 0.2) is 0 Å². The zero-order valence-electron chi connectivity index (χ0n) is 34.0. The van der Waals surface area contributed by atoms with Crippen molar-refractivity contribution in [3.63, 3.8) is 0 Å². The maximum absolute atomic E-state index is 12.8. The minimum Gasteiger partial charge on any atom is -0.489 e. The molecule has 0 spiro atoms. The summed E-state index contributed by atoms with van der Waals surface area (Å²) in [5, 5.41) is 6.80. The van der Waals surface area contributed by atoms with Crippen molar-refractivity contribution in [2.75, 3.05) is 13.1 Å². The standard InChI is InChI=1S/C50H62N2O3/c1-49(2,3)43-32-40(33-44(34-43)50(4,5)6)35-51-30-14-13-21-48(53)52-31-15-20-47(41-22-26-45(27-23-41)54-36-38-16-9-7-10-17-38)42-24-28-46(29-25-42)55-37-39-18-11-8-12-19-39/h7-12,16-19,22-29,32-34,47,51H,13-15,20-21,30-31,35-37H2,1-6H3,(H,52,53). The fraction of sp³-hybridized carbons (Fsp3) is 0.380. The smallest absolute Gasteiger partial charge is 0.219 e. The molecule has 0 saturated carbocycles. The van der Waals surface area contributed by atoms with E-state index in [4.69, 9.17) is 9.47 Å². The van der Waals surface area contributed by atoms with Gasteiger partial charge >= 0.3 is 0 Å². The van der Waals surface area contributed by atoms with Gasteiger partial charge in [0.2, 0.25) is 5.91 Å². The van der Waals surface area contributed by atoms with Gasteiger partial charge in [0.25, 0.3) is 0 Å². The van der Waals surface area contributed by atoms with Crippen LogP contribution in [-0.2, 0) is 35.4 Å². The minimum absolute atomic E-state index is 0.109. The number of carbonyl (C=O) groups is 1. The number of nitrogens with one attached hydrogen (secondary N) is 2. The first kappa shape index (κ1) is 41.3. The topological polar surface area (TPSA) is 59.6 Å². The van der Waals surface area contributed by atoms with Crippen molar-refractivity contribution in [2.24, 2.45) is 0 Å². The van der Waals surface area contributed by atoms with E-state index in [1.54, 1.807) is 0 Å². The molecule has 0 saturated heterocycles. The quantitative estimate of drug-likeness (QED) is 0.0828. The normalized spacial score (nSPS) is 11.8. The summed E-state index contributed by atoms with van der Waals surface area (Å²) in [5.74, 6) is 2.01. The molecule has 5 rings (SSSR count). The average Bonchev–Trinajstić information content (AvgIpc) is 3.18. The van der Waals surface area contributed by atoms with Gasteiger partial charge in [-0.15, -0.1) is 0 Å². The molecule has 0 bridgehead atoms. The molecule has 55 heavy (non-hydrogen) atoms.